The van der Waals surface area contributed by atoms with Crippen molar-refractivity contribution in [1.29, 1.82) is 0 Å². The van der Waals surface area contributed by atoms with Crippen molar-refractivity contribution in [1.82, 2.24) is 0 Å². The van der Waals surface area contributed by atoms with Gasteiger partial charge in [0.25, 0.3) is 0 Å². The minimum Gasteiger partial charge on any atom is -0.371 e. The molecule has 1 aromatic rings. The van der Waals surface area contributed by atoms with Crippen LogP contribution in [0.15, 0.2) is 23.1 Å². The summed E-state index contributed by atoms with van der Waals surface area (Å²) < 4.78 is 37.6. The zero-order valence-corrected chi connectivity index (χ0v) is 9.48. The topological polar surface area (TPSA) is 3.24 Å². The number of nitrogens with zero attached hydrogens (tertiary/aromatic N) is 1. The number of benzene rings is 1. The monoisotopic (exact) mass is 247 g/mol. The third-order valence-corrected chi connectivity index (χ3v) is 3.13. The summed E-state index contributed by atoms with van der Waals surface area (Å²) in [5.74, 6) is 0. The second-order valence-electron chi connectivity index (χ2n) is 3.90. The summed E-state index contributed by atoms with van der Waals surface area (Å²) >= 11 is 4.21. The maximum absolute atomic E-state index is 12.5. The first kappa shape index (κ1) is 11.6. The van der Waals surface area contributed by atoms with Crippen LogP contribution < -0.4 is 4.90 Å². The Kier molecular flexibility index (Phi) is 3.06. The minimum absolute atomic E-state index is 0.593. The molecular formula is C11H12F3NS. The molecule has 0 atom stereocenters. The molecule has 0 saturated carbocycles. The Morgan fingerprint density at radius 1 is 1.12 bits per heavy atom. The van der Waals surface area contributed by atoms with E-state index in [4.69, 9.17) is 0 Å². The molecule has 16 heavy (non-hydrogen) atoms. The SMILES string of the molecule is FC(F)(F)c1ccc(S)c(N2CCCC2)c1. The quantitative estimate of drug-likeness (QED) is 0.742. The van der Waals surface area contributed by atoms with E-state index in [2.05, 4.69) is 12.6 Å². The molecule has 1 saturated heterocycles. The Bertz CT molecular complexity index is 383. The van der Waals surface area contributed by atoms with E-state index in [1.54, 1.807) is 0 Å². The highest BCUT2D eigenvalue weighted by molar-refractivity contribution is 7.80. The maximum atomic E-state index is 12.5. The van der Waals surface area contributed by atoms with Gasteiger partial charge in [-0.1, -0.05) is 0 Å². The van der Waals surface area contributed by atoms with Gasteiger partial charge in [-0.2, -0.15) is 13.2 Å². The fourth-order valence-electron chi connectivity index (χ4n) is 1.91. The smallest absolute Gasteiger partial charge is 0.371 e. The Morgan fingerprint density at radius 2 is 1.75 bits per heavy atom. The Balaban J connectivity index is 2.36. The lowest BCUT2D eigenvalue weighted by Gasteiger charge is -2.21. The summed E-state index contributed by atoms with van der Waals surface area (Å²) in [7, 11) is 0. The van der Waals surface area contributed by atoms with Crippen LogP contribution in [-0.2, 0) is 6.18 Å². The van der Waals surface area contributed by atoms with Gasteiger partial charge in [-0.05, 0) is 31.0 Å². The van der Waals surface area contributed by atoms with Crippen molar-refractivity contribution in [3.05, 3.63) is 23.8 Å². The van der Waals surface area contributed by atoms with Crippen LogP contribution in [0.25, 0.3) is 0 Å². The second kappa shape index (κ2) is 4.20. The summed E-state index contributed by atoms with van der Waals surface area (Å²) in [4.78, 5) is 2.56. The van der Waals surface area contributed by atoms with Gasteiger partial charge < -0.3 is 4.90 Å². The van der Waals surface area contributed by atoms with Crippen LogP contribution >= 0.6 is 12.6 Å². The van der Waals surface area contributed by atoms with Gasteiger partial charge in [-0.3, -0.25) is 0 Å². The highest BCUT2D eigenvalue weighted by atomic mass is 32.1. The molecule has 0 radical (unpaired) electrons. The fourth-order valence-corrected chi connectivity index (χ4v) is 2.19. The number of rotatable bonds is 1. The Morgan fingerprint density at radius 3 is 2.31 bits per heavy atom. The van der Waals surface area contributed by atoms with Gasteiger partial charge in [0.05, 0.1) is 11.3 Å². The van der Waals surface area contributed by atoms with E-state index in [9.17, 15) is 13.2 Å². The van der Waals surface area contributed by atoms with Crippen molar-refractivity contribution in [2.75, 3.05) is 18.0 Å². The first-order valence-corrected chi connectivity index (χ1v) is 5.58. The molecule has 1 aliphatic heterocycles. The van der Waals surface area contributed by atoms with E-state index >= 15 is 0 Å². The van der Waals surface area contributed by atoms with E-state index in [-0.39, 0.29) is 0 Å². The van der Waals surface area contributed by atoms with Gasteiger partial charge >= 0.3 is 6.18 Å². The van der Waals surface area contributed by atoms with Crippen molar-refractivity contribution in [3.8, 4) is 0 Å². The van der Waals surface area contributed by atoms with Crippen LogP contribution in [0.4, 0.5) is 18.9 Å². The van der Waals surface area contributed by atoms with E-state index in [0.29, 0.717) is 10.6 Å². The zero-order valence-electron chi connectivity index (χ0n) is 8.59. The molecule has 0 N–H and O–H groups in total. The number of halogens is 3. The molecule has 0 aromatic heterocycles. The molecule has 0 amide bonds. The normalized spacial score (nSPS) is 16.9. The van der Waals surface area contributed by atoms with Gasteiger partial charge in [-0.15, -0.1) is 12.6 Å². The Labute approximate surface area is 97.7 Å². The summed E-state index contributed by atoms with van der Waals surface area (Å²) in [6, 6.07) is 3.68. The molecule has 0 spiro atoms. The summed E-state index contributed by atoms with van der Waals surface area (Å²) in [6.45, 7) is 1.63. The lowest BCUT2D eigenvalue weighted by atomic mass is 10.2. The highest BCUT2D eigenvalue weighted by Gasteiger charge is 2.31. The molecule has 0 aliphatic carbocycles. The highest BCUT2D eigenvalue weighted by Crippen LogP contribution is 2.35. The lowest BCUT2D eigenvalue weighted by Crippen LogP contribution is -2.19. The van der Waals surface area contributed by atoms with Gasteiger partial charge in [-0.25, -0.2) is 0 Å². The van der Waals surface area contributed by atoms with Crippen LogP contribution in [-0.4, -0.2) is 13.1 Å². The van der Waals surface area contributed by atoms with E-state index in [1.165, 1.54) is 12.1 Å². The zero-order chi connectivity index (χ0) is 11.8. The molecule has 2 rings (SSSR count). The predicted molar refractivity (Wildman–Crippen MR) is 60.1 cm³/mol. The number of thiol groups is 1. The van der Waals surface area contributed by atoms with Crippen molar-refractivity contribution < 1.29 is 13.2 Å². The summed E-state index contributed by atoms with van der Waals surface area (Å²) in [5.41, 5.74) is -0.0112. The molecule has 1 aliphatic rings. The van der Waals surface area contributed by atoms with Crippen molar-refractivity contribution >= 4 is 18.3 Å². The number of anilines is 1. The average Bonchev–Trinajstić information content (AvgIpc) is 2.69. The molecule has 1 fully saturated rings. The van der Waals surface area contributed by atoms with Crippen LogP contribution in [0, 0.1) is 0 Å². The van der Waals surface area contributed by atoms with Gasteiger partial charge in [0, 0.05) is 18.0 Å². The predicted octanol–water partition coefficient (Wildman–Crippen LogP) is 3.59. The standard InChI is InChI=1S/C11H12F3NS/c12-11(13,14)8-3-4-10(16)9(7-8)15-5-1-2-6-15/h3-4,7,16H,1-2,5-6H2. The lowest BCUT2D eigenvalue weighted by molar-refractivity contribution is -0.137. The number of hydrogen-bond acceptors (Lipinski definition) is 2. The van der Waals surface area contributed by atoms with Gasteiger partial charge in [0.2, 0.25) is 0 Å². The first-order valence-electron chi connectivity index (χ1n) is 5.13. The van der Waals surface area contributed by atoms with Crippen molar-refractivity contribution in [2.24, 2.45) is 0 Å². The molecule has 5 heteroatoms. The van der Waals surface area contributed by atoms with Crippen molar-refractivity contribution in [3.63, 3.8) is 0 Å². The third-order valence-electron chi connectivity index (χ3n) is 2.75. The first-order chi connectivity index (χ1) is 7.48. The number of alkyl halides is 3. The fraction of sp³-hybridized carbons (Fsp3) is 0.455. The minimum atomic E-state index is -4.28. The van der Waals surface area contributed by atoms with Crippen LogP contribution in [0.2, 0.25) is 0 Å². The molecular weight excluding hydrogens is 235 g/mol. The van der Waals surface area contributed by atoms with Crippen LogP contribution in [0.3, 0.4) is 0 Å². The van der Waals surface area contributed by atoms with Gasteiger partial charge in [0.15, 0.2) is 0 Å². The molecule has 1 aromatic carbocycles. The molecule has 0 unspecified atom stereocenters. The van der Waals surface area contributed by atoms with Crippen LogP contribution in [0.1, 0.15) is 18.4 Å². The number of hydrogen-bond donors (Lipinski definition) is 1. The largest absolute Gasteiger partial charge is 0.416 e. The van der Waals surface area contributed by atoms with Gasteiger partial charge in [0.1, 0.15) is 0 Å². The molecule has 1 nitrogen and oxygen atoms in total. The second-order valence-corrected chi connectivity index (χ2v) is 4.38. The maximum Gasteiger partial charge on any atom is 0.416 e. The average molecular weight is 247 g/mol. The molecule has 0 bridgehead atoms. The van der Waals surface area contributed by atoms with Crippen molar-refractivity contribution in [2.45, 2.75) is 23.9 Å². The van der Waals surface area contributed by atoms with Crippen LogP contribution in [0.5, 0.6) is 0 Å². The summed E-state index contributed by atoms with van der Waals surface area (Å²) in [6.07, 6.45) is -2.22. The Hall–Kier alpha value is -0.840. The van der Waals surface area contributed by atoms with E-state index in [0.717, 1.165) is 32.0 Å². The summed E-state index contributed by atoms with van der Waals surface area (Å²) in [5, 5.41) is 0. The molecule has 88 valence electrons. The molecule has 1 heterocycles. The van der Waals surface area contributed by atoms with E-state index < -0.39 is 11.7 Å². The van der Waals surface area contributed by atoms with E-state index in [1.807, 2.05) is 4.90 Å². The third kappa shape index (κ3) is 2.29.